The Hall–Kier alpha value is -1.96. The van der Waals surface area contributed by atoms with E-state index in [1.54, 1.807) is 0 Å². The molecule has 0 radical (unpaired) electrons. The van der Waals surface area contributed by atoms with Crippen LogP contribution in [0.3, 0.4) is 0 Å². The first-order valence-corrected chi connectivity index (χ1v) is 11.1. The summed E-state index contributed by atoms with van der Waals surface area (Å²) in [5.41, 5.74) is 4.21. The summed E-state index contributed by atoms with van der Waals surface area (Å²) < 4.78 is 5.43. The van der Waals surface area contributed by atoms with Crippen LogP contribution in [0, 0.1) is 0 Å². The van der Waals surface area contributed by atoms with E-state index in [4.69, 9.17) is 9.97 Å². The minimum absolute atomic E-state index is 0.329. The second kappa shape index (κ2) is 5.84. The van der Waals surface area contributed by atoms with E-state index in [1.807, 2.05) is 0 Å². The van der Waals surface area contributed by atoms with Gasteiger partial charge in [0.15, 0.2) is 0 Å². The normalized spacial score (nSPS) is 12.7. The summed E-state index contributed by atoms with van der Waals surface area (Å²) in [5, 5.41) is 0. The number of fused-ring (bicyclic) bond motifs is 8. The summed E-state index contributed by atoms with van der Waals surface area (Å²) in [4.78, 5) is 9.47. The van der Waals surface area contributed by atoms with Gasteiger partial charge in [-0.2, -0.15) is 0 Å². The third-order valence-corrected chi connectivity index (χ3v) is 7.93. The van der Waals surface area contributed by atoms with Gasteiger partial charge in [0.1, 0.15) is 0 Å². The number of hydrogen-bond donors (Lipinski definition) is 0. The summed E-state index contributed by atoms with van der Waals surface area (Å²) in [6.07, 6.45) is 8.43. The molecule has 0 N–H and O–H groups in total. The zero-order valence-electron chi connectivity index (χ0n) is 12.6. The summed E-state index contributed by atoms with van der Waals surface area (Å²) in [6, 6.07) is 17.6. The standard InChI is InChI=1S/C20H12N2Se2/c1-2-14-10-18-7-8-20(24-18)12-16-4-3-15(22-16)11-19-6-5-17(23-19)9-13(1)21-14/h1-12H. The van der Waals surface area contributed by atoms with E-state index in [0.717, 1.165) is 22.8 Å². The molecule has 0 atom stereocenters. The van der Waals surface area contributed by atoms with Gasteiger partial charge in [-0.25, -0.2) is 0 Å². The number of rotatable bonds is 0. The monoisotopic (exact) mass is 440 g/mol. The first kappa shape index (κ1) is 14.4. The Balaban J connectivity index is 1.85. The fraction of sp³-hybridized carbons (Fsp3) is 0. The molecule has 5 rings (SSSR count). The maximum atomic E-state index is 4.73. The molecule has 4 heteroatoms. The molecule has 24 heavy (non-hydrogen) atoms. The predicted octanol–water partition coefficient (Wildman–Crippen LogP) is 4.11. The van der Waals surface area contributed by atoms with Crippen molar-refractivity contribution in [3.05, 3.63) is 71.3 Å². The van der Waals surface area contributed by atoms with Crippen LogP contribution < -0.4 is 0 Å². The SMILES string of the molecule is C1=Cc2cc3ccc(cc4nc(cc5ccc(cc1n2)[se]5)C=C4)[se]3. The molecule has 0 aromatic carbocycles. The van der Waals surface area contributed by atoms with Crippen LogP contribution in [0.2, 0.25) is 0 Å². The third-order valence-electron chi connectivity index (χ3n) is 3.82. The average Bonchev–Trinajstić information content (AvgIpc) is 3.32. The molecule has 114 valence electrons. The molecule has 2 aliphatic rings. The molecular formula is C20H12N2Se2. The Morgan fingerprint density at radius 3 is 1.04 bits per heavy atom. The molecule has 0 unspecified atom stereocenters. The van der Waals surface area contributed by atoms with Crippen LogP contribution in [-0.4, -0.2) is 39.0 Å². The Morgan fingerprint density at radius 1 is 0.458 bits per heavy atom. The van der Waals surface area contributed by atoms with Gasteiger partial charge in [0, 0.05) is 0 Å². The fourth-order valence-corrected chi connectivity index (χ4v) is 6.53. The fourth-order valence-electron chi connectivity index (χ4n) is 2.74. The predicted molar refractivity (Wildman–Crippen MR) is 104 cm³/mol. The van der Waals surface area contributed by atoms with Crippen LogP contribution in [-0.2, 0) is 0 Å². The molecule has 8 bridgehead atoms. The van der Waals surface area contributed by atoms with Gasteiger partial charge in [0.05, 0.1) is 0 Å². The molecule has 3 aromatic rings. The van der Waals surface area contributed by atoms with Crippen LogP contribution in [0.1, 0.15) is 22.8 Å². The topological polar surface area (TPSA) is 25.8 Å². The van der Waals surface area contributed by atoms with Gasteiger partial charge in [-0.05, 0) is 0 Å². The van der Waals surface area contributed by atoms with Crippen molar-refractivity contribution in [2.45, 2.75) is 0 Å². The van der Waals surface area contributed by atoms with E-state index in [0.29, 0.717) is 29.0 Å². The molecule has 0 saturated heterocycles. The van der Waals surface area contributed by atoms with Crippen LogP contribution >= 0.6 is 0 Å². The van der Waals surface area contributed by atoms with Crippen molar-refractivity contribution in [3.8, 4) is 0 Å². The van der Waals surface area contributed by atoms with Crippen molar-refractivity contribution in [1.82, 2.24) is 9.97 Å². The van der Waals surface area contributed by atoms with E-state index in [2.05, 4.69) is 72.8 Å². The first-order chi connectivity index (χ1) is 11.8. The average molecular weight is 438 g/mol. The van der Waals surface area contributed by atoms with Crippen molar-refractivity contribution in [3.63, 3.8) is 0 Å². The van der Waals surface area contributed by atoms with E-state index in [9.17, 15) is 0 Å². The zero-order valence-corrected chi connectivity index (χ0v) is 16.1. The molecule has 5 heterocycles. The molecule has 2 aliphatic heterocycles. The molecule has 0 amide bonds. The Labute approximate surface area is 151 Å². The van der Waals surface area contributed by atoms with Crippen LogP contribution in [0.25, 0.3) is 41.3 Å². The van der Waals surface area contributed by atoms with Gasteiger partial charge in [-0.1, -0.05) is 0 Å². The number of hydrogen-bond acceptors (Lipinski definition) is 2. The van der Waals surface area contributed by atoms with Crippen LogP contribution in [0.4, 0.5) is 0 Å². The van der Waals surface area contributed by atoms with Gasteiger partial charge in [0.2, 0.25) is 0 Å². The first-order valence-electron chi connectivity index (χ1n) is 7.66. The van der Waals surface area contributed by atoms with Gasteiger partial charge < -0.3 is 0 Å². The second-order valence-electron chi connectivity index (χ2n) is 5.65. The zero-order chi connectivity index (χ0) is 15.9. The maximum absolute atomic E-state index is 4.73. The van der Waals surface area contributed by atoms with Crippen molar-refractivity contribution >= 4 is 70.4 Å². The molecule has 0 spiro atoms. The molecule has 0 saturated carbocycles. The molecule has 3 aromatic heterocycles. The van der Waals surface area contributed by atoms with Crippen LogP contribution in [0.5, 0.6) is 0 Å². The molecule has 2 nitrogen and oxygen atoms in total. The minimum atomic E-state index is 0.329. The van der Waals surface area contributed by atoms with Crippen molar-refractivity contribution in [1.29, 1.82) is 0 Å². The van der Waals surface area contributed by atoms with E-state index < -0.39 is 0 Å². The summed E-state index contributed by atoms with van der Waals surface area (Å²) >= 11 is 0.659. The second-order valence-corrected chi connectivity index (χ2v) is 10.5. The molecule has 0 aliphatic carbocycles. The van der Waals surface area contributed by atoms with Gasteiger partial charge >= 0.3 is 152 Å². The van der Waals surface area contributed by atoms with Crippen molar-refractivity contribution < 1.29 is 0 Å². The van der Waals surface area contributed by atoms with E-state index in [1.165, 1.54) is 17.0 Å². The van der Waals surface area contributed by atoms with Crippen molar-refractivity contribution in [2.24, 2.45) is 0 Å². The summed E-state index contributed by atoms with van der Waals surface area (Å²) in [6.45, 7) is 0. The number of nitrogens with zero attached hydrogens (tertiary/aromatic N) is 2. The van der Waals surface area contributed by atoms with Crippen LogP contribution in [0.15, 0.2) is 48.5 Å². The molecular weight excluding hydrogens is 426 g/mol. The van der Waals surface area contributed by atoms with Gasteiger partial charge in [-0.15, -0.1) is 0 Å². The quantitative estimate of drug-likeness (QED) is 0.340. The number of aromatic nitrogens is 2. The third kappa shape index (κ3) is 2.90. The molecule has 0 fully saturated rings. The Morgan fingerprint density at radius 2 is 0.750 bits per heavy atom. The Bertz CT molecular complexity index is 988. The van der Waals surface area contributed by atoms with E-state index >= 15 is 0 Å². The Kier molecular flexibility index (Phi) is 3.50. The van der Waals surface area contributed by atoms with Crippen molar-refractivity contribution in [2.75, 3.05) is 0 Å². The summed E-state index contributed by atoms with van der Waals surface area (Å²) in [5.74, 6) is 0. The van der Waals surface area contributed by atoms with Gasteiger partial charge in [0.25, 0.3) is 0 Å². The van der Waals surface area contributed by atoms with Gasteiger partial charge in [-0.3, -0.25) is 0 Å². The van der Waals surface area contributed by atoms with E-state index in [-0.39, 0.29) is 0 Å². The summed E-state index contributed by atoms with van der Waals surface area (Å²) in [7, 11) is 0.